The Morgan fingerprint density at radius 3 is 2.20 bits per heavy atom. The second-order valence-electron chi connectivity index (χ2n) is 5.26. The molecular weight excluding hydrogens is 242 g/mol. The molecule has 1 N–H and O–H groups in total. The van der Waals surface area contributed by atoms with Crippen LogP contribution >= 0.6 is 0 Å². The van der Waals surface area contributed by atoms with E-state index in [2.05, 4.69) is 64.4 Å². The van der Waals surface area contributed by atoms with E-state index in [4.69, 9.17) is 0 Å². The van der Waals surface area contributed by atoms with Crippen molar-refractivity contribution in [3.05, 3.63) is 53.6 Å². The van der Waals surface area contributed by atoms with E-state index in [-0.39, 0.29) is 0 Å². The molecule has 0 unspecified atom stereocenters. The van der Waals surface area contributed by atoms with Crippen molar-refractivity contribution in [2.45, 2.75) is 40.5 Å². The number of nitrogens with one attached hydrogen (secondary N) is 1. The highest BCUT2D eigenvalue weighted by Gasteiger charge is 2.10. The van der Waals surface area contributed by atoms with E-state index in [0.717, 1.165) is 29.7 Å². The molecule has 0 radical (unpaired) electrons. The van der Waals surface area contributed by atoms with Gasteiger partial charge in [-0.15, -0.1) is 0 Å². The predicted octanol–water partition coefficient (Wildman–Crippen LogP) is 5.91. The van der Waals surface area contributed by atoms with E-state index in [1.807, 2.05) is 7.05 Å². The number of allylic oxidation sites excluding steroid dienone is 4. The molecule has 1 rings (SSSR count). The fraction of sp³-hybridized carbons (Fsp3) is 0.368. The average Bonchev–Trinajstić information content (AvgIpc) is 2.45. The van der Waals surface area contributed by atoms with Gasteiger partial charge in [-0.2, -0.15) is 0 Å². The molecule has 0 spiro atoms. The molecule has 0 atom stereocenters. The molecule has 1 nitrogen and oxygen atoms in total. The van der Waals surface area contributed by atoms with E-state index < -0.39 is 0 Å². The Kier molecular flexibility index (Phi) is 5.82. The zero-order valence-electron chi connectivity index (χ0n) is 13.6. The summed E-state index contributed by atoms with van der Waals surface area (Å²) in [5, 5.41) is 3.25. The number of hydrogen-bond acceptors (Lipinski definition) is 1. The van der Waals surface area contributed by atoms with E-state index in [9.17, 15) is 0 Å². The molecule has 0 saturated carbocycles. The maximum atomic E-state index is 4.18. The molecule has 0 fully saturated rings. The maximum absolute atomic E-state index is 4.18. The van der Waals surface area contributed by atoms with Gasteiger partial charge in [0.25, 0.3) is 0 Å². The van der Waals surface area contributed by atoms with Gasteiger partial charge in [-0.05, 0) is 55.5 Å². The van der Waals surface area contributed by atoms with Crippen LogP contribution in [0.2, 0.25) is 0 Å². The van der Waals surface area contributed by atoms with Gasteiger partial charge >= 0.3 is 0 Å². The zero-order chi connectivity index (χ0) is 15.3. The molecule has 1 aromatic carbocycles. The van der Waals surface area contributed by atoms with Crippen molar-refractivity contribution < 1.29 is 0 Å². The lowest BCUT2D eigenvalue weighted by Crippen LogP contribution is -1.98. The minimum Gasteiger partial charge on any atom is -0.388 e. The van der Waals surface area contributed by atoms with Gasteiger partial charge < -0.3 is 5.32 Å². The molecule has 0 heterocycles. The number of hydrogen-bond donors (Lipinski definition) is 1. The monoisotopic (exact) mass is 269 g/mol. The fourth-order valence-corrected chi connectivity index (χ4v) is 2.43. The quantitative estimate of drug-likeness (QED) is 0.633. The third kappa shape index (κ3) is 3.41. The third-order valence-electron chi connectivity index (χ3n) is 3.77. The van der Waals surface area contributed by atoms with Gasteiger partial charge in [0, 0.05) is 18.3 Å². The molecule has 108 valence electrons. The van der Waals surface area contributed by atoms with Crippen LogP contribution in [0, 0.1) is 0 Å². The maximum Gasteiger partial charge on any atom is 0.0414 e. The summed E-state index contributed by atoms with van der Waals surface area (Å²) in [5.74, 6) is 0. The smallest absolute Gasteiger partial charge is 0.0414 e. The van der Waals surface area contributed by atoms with Gasteiger partial charge in [-0.25, -0.2) is 0 Å². The van der Waals surface area contributed by atoms with Crippen LogP contribution in [0.4, 0.5) is 5.69 Å². The summed E-state index contributed by atoms with van der Waals surface area (Å²) >= 11 is 0. The Morgan fingerprint density at radius 2 is 1.75 bits per heavy atom. The van der Waals surface area contributed by atoms with E-state index in [1.54, 1.807) is 0 Å². The molecule has 1 aromatic rings. The Morgan fingerprint density at radius 1 is 1.10 bits per heavy atom. The lowest BCUT2D eigenvalue weighted by molar-refractivity contribution is 1.10. The molecular formula is C19H27N. The van der Waals surface area contributed by atoms with E-state index in [0.29, 0.717) is 0 Å². The van der Waals surface area contributed by atoms with Crippen molar-refractivity contribution >= 4 is 16.8 Å². The summed E-state index contributed by atoms with van der Waals surface area (Å²) in [4.78, 5) is 0. The van der Waals surface area contributed by atoms with Crippen molar-refractivity contribution in [1.82, 2.24) is 0 Å². The molecule has 20 heavy (non-hydrogen) atoms. The Bertz CT molecular complexity index is 547. The lowest BCUT2D eigenvalue weighted by Gasteiger charge is -2.16. The van der Waals surface area contributed by atoms with Crippen LogP contribution in [0.15, 0.2) is 42.5 Å². The first-order valence-electron chi connectivity index (χ1n) is 7.32. The first-order valence-corrected chi connectivity index (χ1v) is 7.32. The van der Waals surface area contributed by atoms with Crippen LogP contribution in [-0.2, 0) is 0 Å². The van der Waals surface area contributed by atoms with E-state index >= 15 is 0 Å². The predicted molar refractivity (Wildman–Crippen MR) is 93.0 cm³/mol. The van der Waals surface area contributed by atoms with Crippen LogP contribution in [-0.4, -0.2) is 7.05 Å². The van der Waals surface area contributed by atoms with Crippen LogP contribution in [0.3, 0.4) is 0 Å². The Labute approximate surface area is 124 Å². The van der Waals surface area contributed by atoms with Gasteiger partial charge in [-0.3, -0.25) is 0 Å². The zero-order valence-corrected chi connectivity index (χ0v) is 13.6. The largest absolute Gasteiger partial charge is 0.388 e. The fourth-order valence-electron chi connectivity index (χ4n) is 2.43. The van der Waals surface area contributed by atoms with Crippen LogP contribution in [0.5, 0.6) is 0 Å². The second kappa shape index (κ2) is 7.14. The third-order valence-corrected chi connectivity index (χ3v) is 3.77. The van der Waals surface area contributed by atoms with Crippen molar-refractivity contribution in [3.63, 3.8) is 0 Å². The highest BCUT2D eigenvalue weighted by molar-refractivity contribution is 5.85. The summed E-state index contributed by atoms with van der Waals surface area (Å²) in [5.41, 5.74) is 8.51. The highest BCUT2D eigenvalue weighted by Crippen LogP contribution is 2.32. The van der Waals surface area contributed by atoms with Crippen molar-refractivity contribution in [2.75, 3.05) is 12.4 Å². The van der Waals surface area contributed by atoms with Gasteiger partial charge in [-0.1, -0.05) is 44.2 Å². The molecule has 0 aromatic heterocycles. The van der Waals surface area contributed by atoms with E-state index in [1.165, 1.54) is 22.3 Å². The lowest BCUT2D eigenvalue weighted by atomic mass is 9.91. The minimum atomic E-state index is 0.955. The summed E-state index contributed by atoms with van der Waals surface area (Å²) in [6.45, 7) is 16.9. The SMILES string of the molecule is C=C(C)/C(=C(/C)CC)c1ccc(NC)c(C(=C)CC)c1. The second-order valence-corrected chi connectivity index (χ2v) is 5.26. The van der Waals surface area contributed by atoms with Gasteiger partial charge in [0.15, 0.2) is 0 Å². The number of anilines is 1. The van der Waals surface area contributed by atoms with Gasteiger partial charge in [0.1, 0.15) is 0 Å². The number of benzene rings is 1. The summed E-state index contributed by atoms with van der Waals surface area (Å²) in [6, 6.07) is 6.54. The van der Waals surface area contributed by atoms with Crippen molar-refractivity contribution in [2.24, 2.45) is 0 Å². The molecule has 0 aliphatic rings. The summed E-state index contributed by atoms with van der Waals surface area (Å²) < 4.78 is 0. The molecule has 0 aliphatic carbocycles. The van der Waals surface area contributed by atoms with Crippen molar-refractivity contribution in [1.29, 1.82) is 0 Å². The topological polar surface area (TPSA) is 12.0 Å². The van der Waals surface area contributed by atoms with Crippen LogP contribution in [0.1, 0.15) is 51.7 Å². The summed E-state index contributed by atoms with van der Waals surface area (Å²) in [7, 11) is 1.95. The normalized spacial score (nSPS) is 11.8. The molecule has 1 heteroatoms. The molecule has 0 saturated heterocycles. The van der Waals surface area contributed by atoms with Gasteiger partial charge in [0.2, 0.25) is 0 Å². The van der Waals surface area contributed by atoms with Crippen molar-refractivity contribution in [3.8, 4) is 0 Å². The van der Waals surface area contributed by atoms with Gasteiger partial charge in [0.05, 0.1) is 0 Å². The Hall–Kier alpha value is -1.76. The first kappa shape index (κ1) is 16.3. The molecule has 0 aliphatic heterocycles. The minimum absolute atomic E-state index is 0.955. The molecule has 0 amide bonds. The molecule has 0 bridgehead atoms. The summed E-state index contributed by atoms with van der Waals surface area (Å²) in [6.07, 6.45) is 2.00. The number of rotatable bonds is 6. The first-order chi connectivity index (χ1) is 9.46. The highest BCUT2D eigenvalue weighted by atomic mass is 14.8. The Balaban J connectivity index is 3.47. The van der Waals surface area contributed by atoms with Crippen LogP contribution in [0.25, 0.3) is 11.1 Å². The standard InChI is InChI=1S/C19H27N/c1-8-14(5)17-12-16(10-11-18(17)20-7)19(13(3)4)15(6)9-2/h10-12,20H,3,5,8-9H2,1-2,4,6-7H3/b19-15+. The van der Waals surface area contributed by atoms with Crippen LogP contribution < -0.4 is 5.32 Å². The average molecular weight is 269 g/mol.